The van der Waals surface area contributed by atoms with E-state index in [0.717, 1.165) is 55.7 Å². The van der Waals surface area contributed by atoms with Crippen molar-refractivity contribution in [1.82, 2.24) is 14.7 Å². The maximum absolute atomic E-state index is 5.44. The molecule has 0 atom stereocenters. The molecule has 0 bridgehead atoms. The number of benzene rings is 1. The minimum atomic E-state index is 0.630. The van der Waals surface area contributed by atoms with Crippen LogP contribution >= 0.6 is 11.5 Å². The normalized spacial score (nSPS) is 20.4. The Labute approximate surface area is 147 Å². The Morgan fingerprint density at radius 1 is 1.00 bits per heavy atom. The second-order valence-electron chi connectivity index (χ2n) is 6.58. The van der Waals surface area contributed by atoms with Crippen LogP contribution in [-0.2, 0) is 4.74 Å². The molecule has 0 unspecified atom stereocenters. The topological polar surface area (TPSA) is 50.3 Å². The summed E-state index contributed by atoms with van der Waals surface area (Å²) in [5.74, 6) is 0.845. The minimum absolute atomic E-state index is 0.630. The number of rotatable bonds is 4. The van der Waals surface area contributed by atoms with E-state index in [1.54, 1.807) is 0 Å². The third-order valence-corrected chi connectivity index (χ3v) is 5.68. The fourth-order valence-electron chi connectivity index (χ4n) is 3.48. The number of ether oxygens (including phenoxy) is 1. The van der Waals surface area contributed by atoms with Crippen LogP contribution in [0.3, 0.4) is 0 Å². The molecule has 2 aliphatic rings. The van der Waals surface area contributed by atoms with Gasteiger partial charge in [-0.1, -0.05) is 30.3 Å². The molecule has 0 radical (unpaired) electrons. The van der Waals surface area contributed by atoms with E-state index in [1.807, 2.05) is 18.2 Å². The van der Waals surface area contributed by atoms with Crippen molar-refractivity contribution in [2.24, 2.45) is 0 Å². The zero-order chi connectivity index (χ0) is 16.2. The lowest BCUT2D eigenvalue weighted by atomic mass is 10.0. The van der Waals surface area contributed by atoms with Gasteiger partial charge in [-0.3, -0.25) is 0 Å². The Morgan fingerprint density at radius 3 is 2.46 bits per heavy atom. The molecule has 5 nitrogen and oxygen atoms in total. The van der Waals surface area contributed by atoms with Crippen LogP contribution in [0.4, 0.5) is 5.13 Å². The van der Waals surface area contributed by atoms with Crippen LogP contribution < -0.4 is 10.2 Å². The molecule has 24 heavy (non-hydrogen) atoms. The summed E-state index contributed by atoms with van der Waals surface area (Å²) in [5.41, 5.74) is 1.09. The summed E-state index contributed by atoms with van der Waals surface area (Å²) in [5, 5.41) is 4.88. The van der Waals surface area contributed by atoms with Crippen LogP contribution in [0.25, 0.3) is 11.4 Å². The molecule has 4 rings (SSSR count). The summed E-state index contributed by atoms with van der Waals surface area (Å²) in [7, 11) is 0. The average Bonchev–Trinajstić information content (AvgIpc) is 3.14. The third kappa shape index (κ3) is 3.77. The second-order valence-corrected chi connectivity index (χ2v) is 7.31. The van der Waals surface area contributed by atoms with E-state index in [-0.39, 0.29) is 0 Å². The first kappa shape index (κ1) is 16.0. The van der Waals surface area contributed by atoms with Crippen molar-refractivity contribution < 1.29 is 4.74 Å². The average molecular weight is 344 g/mol. The van der Waals surface area contributed by atoms with Crippen LogP contribution in [0.15, 0.2) is 30.3 Å². The Balaban J connectivity index is 1.32. The van der Waals surface area contributed by atoms with E-state index in [4.69, 9.17) is 9.72 Å². The first-order valence-corrected chi connectivity index (χ1v) is 9.64. The summed E-state index contributed by atoms with van der Waals surface area (Å²) in [4.78, 5) is 7.12. The zero-order valence-electron chi connectivity index (χ0n) is 13.9. The fourth-order valence-corrected chi connectivity index (χ4v) is 4.22. The Hall–Kier alpha value is -1.50. The Kier molecular flexibility index (Phi) is 5.06. The molecular weight excluding hydrogens is 320 g/mol. The largest absolute Gasteiger partial charge is 0.381 e. The highest BCUT2D eigenvalue weighted by Gasteiger charge is 2.24. The predicted molar refractivity (Wildman–Crippen MR) is 97.6 cm³/mol. The van der Waals surface area contributed by atoms with E-state index in [1.165, 1.54) is 24.4 Å². The summed E-state index contributed by atoms with van der Waals surface area (Å²) < 4.78 is 9.97. The van der Waals surface area contributed by atoms with Crippen molar-refractivity contribution in [1.29, 1.82) is 0 Å². The van der Waals surface area contributed by atoms with Crippen molar-refractivity contribution >= 4 is 16.7 Å². The molecule has 0 spiro atoms. The van der Waals surface area contributed by atoms with Gasteiger partial charge in [-0.2, -0.15) is 9.36 Å². The molecule has 2 saturated heterocycles. The van der Waals surface area contributed by atoms with Crippen molar-refractivity contribution in [2.45, 2.75) is 37.8 Å². The van der Waals surface area contributed by atoms with E-state index >= 15 is 0 Å². The molecule has 0 aliphatic carbocycles. The smallest absolute Gasteiger partial charge is 0.205 e. The monoisotopic (exact) mass is 344 g/mol. The molecule has 0 saturated carbocycles. The van der Waals surface area contributed by atoms with Gasteiger partial charge >= 0.3 is 0 Å². The number of anilines is 1. The van der Waals surface area contributed by atoms with Gasteiger partial charge in [-0.15, -0.1) is 0 Å². The molecule has 3 heterocycles. The number of hydrogen-bond acceptors (Lipinski definition) is 6. The Bertz CT molecular complexity index is 633. The SMILES string of the molecule is c1ccc(-c2nsc(N3CCC(NC4CCOCC4)CC3)n2)cc1. The number of nitrogens with zero attached hydrogens (tertiary/aromatic N) is 3. The standard InChI is InChI=1S/C18H24N4OS/c1-2-4-14(5-3-1)17-20-18(24-21-17)22-10-6-15(7-11-22)19-16-8-12-23-13-9-16/h1-5,15-16,19H,6-13H2. The van der Waals surface area contributed by atoms with Crippen LogP contribution in [-0.4, -0.2) is 47.7 Å². The van der Waals surface area contributed by atoms with E-state index < -0.39 is 0 Å². The van der Waals surface area contributed by atoms with Crippen LogP contribution in [0.2, 0.25) is 0 Å². The molecule has 2 fully saturated rings. The predicted octanol–water partition coefficient (Wildman–Crippen LogP) is 2.94. The Morgan fingerprint density at radius 2 is 1.71 bits per heavy atom. The number of hydrogen-bond donors (Lipinski definition) is 1. The quantitative estimate of drug-likeness (QED) is 0.924. The molecule has 2 aliphatic heterocycles. The lowest BCUT2D eigenvalue weighted by Crippen LogP contribution is -2.47. The van der Waals surface area contributed by atoms with Crippen LogP contribution in [0.1, 0.15) is 25.7 Å². The van der Waals surface area contributed by atoms with Crippen molar-refractivity contribution in [3.8, 4) is 11.4 Å². The van der Waals surface area contributed by atoms with Gasteiger partial charge in [0.2, 0.25) is 5.13 Å². The summed E-state index contributed by atoms with van der Waals surface area (Å²) in [6.07, 6.45) is 4.66. The molecule has 6 heteroatoms. The van der Waals surface area contributed by atoms with Gasteiger partial charge in [0, 0.05) is 55.5 Å². The second kappa shape index (κ2) is 7.59. The van der Waals surface area contributed by atoms with Gasteiger partial charge in [-0.05, 0) is 25.7 Å². The molecular formula is C18H24N4OS. The lowest BCUT2D eigenvalue weighted by Gasteiger charge is -2.35. The van der Waals surface area contributed by atoms with Gasteiger partial charge in [0.05, 0.1) is 0 Å². The summed E-state index contributed by atoms with van der Waals surface area (Å²) >= 11 is 1.52. The molecule has 1 N–H and O–H groups in total. The summed E-state index contributed by atoms with van der Waals surface area (Å²) in [6, 6.07) is 11.5. The molecule has 2 aromatic rings. The van der Waals surface area contributed by atoms with Crippen molar-refractivity contribution in [2.75, 3.05) is 31.2 Å². The van der Waals surface area contributed by atoms with Gasteiger partial charge < -0.3 is 15.0 Å². The zero-order valence-corrected chi connectivity index (χ0v) is 14.7. The van der Waals surface area contributed by atoms with Crippen molar-refractivity contribution in [3.05, 3.63) is 30.3 Å². The first-order valence-electron chi connectivity index (χ1n) is 8.86. The minimum Gasteiger partial charge on any atom is -0.381 e. The molecule has 1 aromatic heterocycles. The van der Waals surface area contributed by atoms with E-state index in [0.29, 0.717) is 12.1 Å². The van der Waals surface area contributed by atoms with E-state index in [9.17, 15) is 0 Å². The lowest BCUT2D eigenvalue weighted by molar-refractivity contribution is 0.0738. The maximum atomic E-state index is 5.44. The molecule has 128 valence electrons. The van der Waals surface area contributed by atoms with Gasteiger partial charge in [0.1, 0.15) is 0 Å². The van der Waals surface area contributed by atoms with Crippen molar-refractivity contribution in [3.63, 3.8) is 0 Å². The van der Waals surface area contributed by atoms with Gasteiger partial charge in [0.15, 0.2) is 5.82 Å². The van der Waals surface area contributed by atoms with Crippen LogP contribution in [0.5, 0.6) is 0 Å². The highest BCUT2D eigenvalue weighted by molar-refractivity contribution is 7.09. The highest BCUT2D eigenvalue weighted by Crippen LogP contribution is 2.26. The number of piperidine rings is 1. The first-order chi connectivity index (χ1) is 11.9. The highest BCUT2D eigenvalue weighted by atomic mass is 32.1. The van der Waals surface area contributed by atoms with Gasteiger partial charge in [0.25, 0.3) is 0 Å². The van der Waals surface area contributed by atoms with Crippen LogP contribution in [0, 0.1) is 0 Å². The molecule has 0 amide bonds. The maximum Gasteiger partial charge on any atom is 0.205 e. The molecule has 1 aromatic carbocycles. The van der Waals surface area contributed by atoms with Gasteiger partial charge in [-0.25, -0.2) is 0 Å². The summed E-state index contributed by atoms with van der Waals surface area (Å²) in [6.45, 7) is 3.93. The third-order valence-electron chi connectivity index (χ3n) is 4.91. The van der Waals surface area contributed by atoms with E-state index in [2.05, 4.69) is 26.7 Å². The number of nitrogens with one attached hydrogen (secondary N) is 1. The fraction of sp³-hybridized carbons (Fsp3) is 0.556. The number of aromatic nitrogens is 2.